The lowest BCUT2D eigenvalue weighted by molar-refractivity contribution is 0.104. The molecule has 1 aliphatic rings. The number of aromatic nitrogens is 3. The van der Waals surface area contributed by atoms with Crippen molar-refractivity contribution in [1.29, 1.82) is 0 Å². The number of nitrogens with zero attached hydrogens (tertiary/aromatic N) is 4. The first kappa shape index (κ1) is 15.8. The molecule has 7 heteroatoms. The molecule has 0 saturated heterocycles. The summed E-state index contributed by atoms with van der Waals surface area (Å²) in [5.74, 6) is 1.28. The third kappa shape index (κ3) is 3.16. The van der Waals surface area contributed by atoms with E-state index in [0.29, 0.717) is 24.6 Å². The van der Waals surface area contributed by atoms with Gasteiger partial charge >= 0.3 is 0 Å². The van der Waals surface area contributed by atoms with Crippen molar-refractivity contribution in [2.45, 2.75) is 19.1 Å². The fourth-order valence-electron chi connectivity index (χ4n) is 2.97. The van der Waals surface area contributed by atoms with Gasteiger partial charge in [0.1, 0.15) is 0 Å². The minimum atomic E-state index is -0.590. The number of benzene rings is 1. The Labute approximate surface area is 135 Å². The van der Waals surface area contributed by atoms with Gasteiger partial charge in [0, 0.05) is 33.1 Å². The van der Waals surface area contributed by atoms with Crippen LogP contribution in [0.4, 0.5) is 0 Å². The second-order valence-electron chi connectivity index (χ2n) is 5.72. The summed E-state index contributed by atoms with van der Waals surface area (Å²) in [6, 6.07) is 5.50. The first-order chi connectivity index (χ1) is 11.1. The van der Waals surface area contributed by atoms with E-state index in [2.05, 4.69) is 15.2 Å². The Bertz CT molecular complexity index is 686. The largest absolute Gasteiger partial charge is 0.493 e. The van der Waals surface area contributed by atoms with Crippen LogP contribution in [0, 0.1) is 0 Å². The second kappa shape index (κ2) is 6.55. The number of β-amino-alcohol motifs (C(OH)–C–C–N with tert-alkyl or cyclic N) is 1. The maximum Gasteiger partial charge on any atom is 0.161 e. The molecule has 0 unspecified atom stereocenters. The first-order valence-electron chi connectivity index (χ1n) is 7.62. The molecule has 1 aromatic heterocycles. The topological polar surface area (TPSA) is 72.6 Å². The first-order valence-corrected chi connectivity index (χ1v) is 7.62. The molecule has 2 heterocycles. The molecule has 0 amide bonds. The lowest BCUT2D eigenvalue weighted by Crippen LogP contribution is -2.34. The third-order valence-electron chi connectivity index (χ3n) is 4.29. The van der Waals surface area contributed by atoms with E-state index in [4.69, 9.17) is 9.47 Å². The predicted octanol–water partition coefficient (Wildman–Crippen LogP) is 0.924. The van der Waals surface area contributed by atoms with E-state index >= 15 is 0 Å². The molecule has 23 heavy (non-hydrogen) atoms. The maximum absolute atomic E-state index is 10.5. The smallest absolute Gasteiger partial charge is 0.161 e. The molecule has 124 valence electrons. The Hall–Kier alpha value is -2.12. The van der Waals surface area contributed by atoms with Gasteiger partial charge in [0.2, 0.25) is 0 Å². The van der Waals surface area contributed by atoms with Crippen LogP contribution in [0.5, 0.6) is 11.5 Å². The Kier molecular flexibility index (Phi) is 4.49. The van der Waals surface area contributed by atoms with Crippen LogP contribution in [0.2, 0.25) is 0 Å². The van der Waals surface area contributed by atoms with Crippen molar-refractivity contribution in [3.8, 4) is 11.5 Å². The van der Waals surface area contributed by atoms with E-state index in [0.717, 1.165) is 24.2 Å². The normalized spacial score (nSPS) is 16.0. The van der Waals surface area contributed by atoms with Gasteiger partial charge in [-0.15, -0.1) is 5.10 Å². The highest BCUT2D eigenvalue weighted by Crippen LogP contribution is 2.30. The monoisotopic (exact) mass is 318 g/mol. The number of rotatable bonds is 5. The zero-order valence-corrected chi connectivity index (χ0v) is 13.7. The number of methoxy groups -OCH3 is 2. The van der Waals surface area contributed by atoms with Crippen LogP contribution in [0.15, 0.2) is 18.2 Å². The van der Waals surface area contributed by atoms with Crippen molar-refractivity contribution in [3.05, 3.63) is 35.2 Å². The number of aliphatic hydroxyl groups excluding tert-OH is 1. The van der Waals surface area contributed by atoms with Gasteiger partial charge in [-0.05, 0) is 17.7 Å². The highest BCUT2D eigenvalue weighted by Gasteiger charge is 2.23. The molecule has 3 rings (SSSR count). The van der Waals surface area contributed by atoms with Gasteiger partial charge in [-0.2, -0.15) is 0 Å². The van der Waals surface area contributed by atoms with Gasteiger partial charge in [0.15, 0.2) is 11.5 Å². The molecule has 0 bridgehead atoms. The van der Waals surface area contributed by atoms with Crippen LogP contribution in [-0.2, 0) is 20.0 Å². The third-order valence-corrected chi connectivity index (χ3v) is 4.29. The quantitative estimate of drug-likeness (QED) is 0.884. The average molecular weight is 318 g/mol. The van der Waals surface area contributed by atoms with Crippen molar-refractivity contribution in [2.75, 3.05) is 27.3 Å². The highest BCUT2D eigenvalue weighted by atomic mass is 16.5. The summed E-state index contributed by atoms with van der Waals surface area (Å²) < 4.78 is 12.4. The summed E-state index contributed by atoms with van der Waals surface area (Å²) in [6.07, 6.45) is 0.310. The molecule has 0 saturated carbocycles. The van der Waals surface area contributed by atoms with Crippen LogP contribution in [-0.4, -0.2) is 52.3 Å². The predicted molar refractivity (Wildman–Crippen MR) is 84.5 cm³/mol. The zero-order chi connectivity index (χ0) is 16.4. The van der Waals surface area contributed by atoms with E-state index < -0.39 is 6.10 Å². The van der Waals surface area contributed by atoms with Crippen LogP contribution in [0.25, 0.3) is 0 Å². The van der Waals surface area contributed by atoms with Crippen molar-refractivity contribution in [3.63, 3.8) is 0 Å². The van der Waals surface area contributed by atoms with E-state index in [9.17, 15) is 5.11 Å². The number of hydrogen-bond donors (Lipinski definition) is 1. The molecule has 0 fully saturated rings. The number of ether oxygens (including phenoxy) is 2. The van der Waals surface area contributed by atoms with Crippen molar-refractivity contribution in [2.24, 2.45) is 7.05 Å². The van der Waals surface area contributed by atoms with Gasteiger partial charge in [0.05, 0.1) is 31.7 Å². The number of aliphatic hydroxyl groups is 1. The van der Waals surface area contributed by atoms with Crippen LogP contribution in [0.3, 0.4) is 0 Å². The van der Waals surface area contributed by atoms with Crippen LogP contribution < -0.4 is 9.47 Å². The fourth-order valence-corrected chi connectivity index (χ4v) is 2.97. The maximum atomic E-state index is 10.5. The summed E-state index contributed by atoms with van der Waals surface area (Å²) >= 11 is 0. The van der Waals surface area contributed by atoms with Gasteiger partial charge < -0.3 is 14.6 Å². The van der Waals surface area contributed by atoms with E-state index in [1.165, 1.54) is 5.69 Å². The Morgan fingerprint density at radius 2 is 2.04 bits per heavy atom. The van der Waals surface area contributed by atoms with E-state index in [1.807, 2.05) is 29.9 Å². The van der Waals surface area contributed by atoms with Crippen molar-refractivity contribution < 1.29 is 14.6 Å². The summed E-state index contributed by atoms with van der Waals surface area (Å²) in [5, 5.41) is 18.8. The summed E-state index contributed by atoms with van der Waals surface area (Å²) in [4.78, 5) is 2.19. The number of aryl methyl sites for hydroxylation is 1. The molecule has 1 aromatic carbocycles. The lowest BCUT2D eigenvalue weighted by atomic mass is 10.1. The Morgan fingerprint density at radius 1 is 1.26 bits per heavy atom. The molecular formula is C16H22N4O3. The summed E-state index contributed by atoms with van der Waals surface area (Å²) in [5.41, 5.74) is 2.99. The van der Waals surface area contributed by atoms with Gasteiger partial charge in [-0.1, -0.05) is 11.3 Å². The minimum Gasteiger partial charge on any atom is -0.493 e. The van der Waals surface area contributed by atoms with Crippen molar-refractivity contribution >= 4 is 0 Å². The summed E-state index contributed by atoms with van der Waals surface area (Å²) in [7, 11) is 5.11. The summed E-state index contributed by atoms with van der Waals surface area (Å²) in [6.45, 7) is 2.15. The molecule has 0 aliphatic carbocycles. The van der Waals surface area contributed by atoms with Crippen LogP contribution >= 0.6 is 0 Å². The van der Waals surface area contributed by atoms with Crippen molar-refractivity contribution in [1.82, 2.24) is 19.9 Å². The SMILES string of the molecule is COc1ccc([C@H](O)CN2CCc3c(nnn3C)C2)cc1OC. The minimum absolute atomic E-state index is 0.547. The fraction of sp³-hybridized carbons (Fsp3) is 0.500. The van der Waals surface area contributed by atoms with Gasteiger partial charge in [-0.25, -0.2) is 0 Å². The Morgan fingerprint density at radius 3 is 2.78 bits per heavy atom. The zero-order valence-electron chi connectivity index (χ0n) is 13.7. The van der Waals surface area contributed by atoms with Crippen LogP contribution in [0.1, 0.15) is 23.1 Å². The molecule has 1 aliphatic heterocycles. The van der Waals surface area contributed by atoms with E-state index in [-0.39, 0.29) is 0 Å². The standard InChI is InChI=1S/C16H22N4O3/c1-19-13-6-7-20(9-12(13)17-18-19)10-14(21)11-4-5-15(22-2)16(8-11)23-3/h4-5,8,14,21H,6-7,9-10H2,1-3H3/t14-/m1/s1. The highest BCUT2D eigenvalue weighted by molar-refractivity contribution is 5.43. The molecule has 0 radical (unpaired) electrons. The molecule has 1 atom stereocenters. The molecule has 7 nitrogen and oxygen atoms in total. The lowest BCUT2D eigenvalue weighted by Gasteiger charge is -2.28. The van der Waals surface area contributed by atoms with Gasteiger partial charge in [-0.3, -0.25) is 9.58 Å². The average Bonchev–Trinajstić information content (AvgIpc) is 2.94. The molecule has 2 aromatic rings. The number of hydrogen-bond acceptors (Lipinski definition) is 6. The van der Waals surface area contributed by atoms with E-state index in [1.54, 1.807) is 14.2 Å². The molecule has 1 N–H and O–H groups in total. The number of fused-ring (bicyclic) bond motifs is 1. The van der Waals surface area contributed by atoms with Gasteiger partial charge in [0.25, 0.3) is 0 Å². The molecular weight excluding hydrogens is 296 g/mol. The molecule has 0 spiro atoms. The Balaban J connectivity index is 1.69. The second-order valence-corrected chi connectivity index (χ2v) is 5.72.